The number of primary amides is 1. The number of carbonyl (C=O) groups is 2. The minimum absolute atomic E-state index is 0.0658. The molecule has 1 amide bonds. The first-order valence-electron chi connectivity index (χ1n) is 7.61. The average Bonchev–Trinajstić information content (AvgIpc) is 2.58. The van der Waals surface area contributed by atoms with Crippen LogP contribution in [0.1, 0.15) is 25.3 Å². The molecule has 1 aliphatic rings. The fourth-order valence-corrected chi connectivity index (χ4v) is 3.73. The van der Waals surface area contributed by atoms with E-state index in [9.17, 15) is 25.0 Å². The molecule has 9 heteroatoms. The summed E-state index contributed by atoms with van der Waals surface area (Å²) in [5.74, 6) is -2.23. The highest BCUT2D eigenvalue weighted by Gasteiger charge is 2.38. The molecule has 1 aromatic carbocycles. The first-order chi connectivity index (χ1) is 12.3. The number of amides is 1. The van der Waals surface area contributed by atoms with Gasteiger partial charge < -0.3 is 5.73 Å². The molecule has 0 spiro atoms. The average molecular weight is 372 g/mol. The summed E-state index contributed by atoms with van der Waals surface area (Å²) in [4.78, 5) is 38.2. The van der Waals surface area contributed by atoms with Gasteiger partial charge in [0.25, 0.3) is 5.69 Å². The van der Waals surface area contributed by atoms with Gasteiger partial charge in [-0.1, -0.05) is 23.9 Å². The van der Waals surface area contributed by atoms with E-state index in [-0.39, 0.29) is 22.8 Å². The van der Waals surface area contributed by atoms with Crippen LogP contribution in [0.4, 0.5) is 5.69 Å². The minimum Gasteiger partial charge on any atom is -0.369 e. The van der Waals surface area contributed by atoms with Crippen molar-refractivity contribution in [2.45, 2.75) is 19.8 Å². The molecule has 8 nitrogen and oxygen atoms in total. The summed E-state index contributed by atoms with van der Waals surface area (Å²) >= 11 is 1.01. The van der Waals surface area contributed by atoms with Crippen molar-refractivity contribution >= 4 is 34.9 Å². The first-order valence-corrected chi connectivity index (χ1v) is 8.60. The summed E-state index contributed by atoms with van der Waals surface area (Å²) in [6, 6.07) is 7.90. The molecular weight excluding hydrogens is 356 g/mol. The Balaban J connectivity index is 2.63. The van der Waals surface area contributed by atoms with Crippen LogP contribution in [0.15, 0.2) is 39.9 Å². The van der Waals surface area contributed by atoms with Gasteiger partial charge in [-0.25, -0.2) is 4.99 Å². The van der Waals surface area contributed by atoms with Crippen molar-refractivity contribution in [3.63, 3.8) is 0 Å². The third kappa shape index (κ3) is 3.97. The van der Waals surface area contributed by atoms with E-state index < -0.39 is 22.7 Å². The minimum atomic E-state index is -0.704. The molecule has 26 heavy (non-hydrogen) atoms. The van der Waals surface area contributed by atoms with Crippen molar-refractivity contribution in [2.24, 2.45) is 16.6 Å². The van der Waals surface area contributed by atoms with E-state index in [1.165, 1.54) is 25.1 Å². The molecule has 1 aliphatic heterocycles. The molecule has 134 valence electrons. The maximum Gasteiger partial charge on any atom is 0.269 e. The number of allylic oxidation sites excluding steroid dienone is 1. The fourth-order valence-electron chi connectivity index (χ4n) is 2.92. The molecular formula is C17H16N4O4S. The van der Waals surface area contributed by atoms with Gasteiger partial charge in [-0.3, -0.25) is 19.7 Å². The van der Waals surface area contributed by atoms with Gasteiger partial charge in [-0.05, 0) is 19.4 Å². The number of aliphatic imine (C=N–C) groups is 1. The molecule has 0 saturated carbocycles. The van der Waals surface area contributed by atoms with E-state index in [4.69, 9.17) is 5.73 Å². The van der Waals surface area contributed by atoms with Gasteiger partial charge >= 0.3 is 0 Å². The highest BCUT2D eigenvalue weighted by molar-refractivity contribution is 8.03. The quantitative estimate of drug-likeness (QED) is 0.600. The maximum absolute atomic E-state index is 12.2. The van der Waals surface area contributed by atoms with E-state index in [1.807, 2.05) is 0 Å². The van der Waals surface area contributed by atoms with E-state index in [2.05, 4.69) is 11.1 Å². The molecule has 2 atom stereocenters. The number of Topliss-reactive ketones (excluding diaryl/α,β-unsaturated/α-hetero) is 1. The van der Waals surface area contributed by atoms with Crippen LogP contribution in [0, 0.1) is 27.4 Å². The number of hydrogen-bond donors (Lipinski definition) is 1. The summed E-state index contributed by atoms with van der Waals surface area (Å²) in [6.45, 7) is 3.06. The second-order valence-corrected chi connectivity index (χ2v) is 6.72. The number of nitro benzene ring substituents is 1. The second-order valence-electron chi connectivity index (χ2n) is 5.76. The number of ketones is 1. The lowest BCUT2D eigenvalue weighted by Crippen LogP contribution is -2.31. The first kappa shape index (κ1) is 19.3. The zero-order valence-electron chi connectivity index (χ0n) is 14.1. The summed E-state index contributed by atoms with van der Waals surface area (Å²) in [5, 5.41) is 21.1. The van der Waals surface area contributed by atoms with Gasteiger partial charge in [0.05, 0.1) is 28.2 Å². The molecule has 2 rings (SSSR count). The predicted octanol–water partition coefficient (Wildman–Crippen LogP) is 2.31. The van der Waals surface area contributed by atoms with E-state index >= 15 is 0 Å². The number of benzene rings is 1. The third-order valence-corrected chi connectivity index (χ3v) is 4.97. The van der Waals surface area contributed by atoms with Gasteiger partial charge in [0, 0.05) is 23.8 Å². The summed E-state index contributed by atoms with van der Waals surface area (Å²) in [5.41, 5.74) is 6.19. The smallest absolute Gasteiger partial charge is 0.269 e. The Hall–Kier alpha value is -2.99. The topological polar surface area (TPSA) is 139 Å². The number of thioether (sulfide) groups is 1. The molecule has 0 saturated heterocycles. The number of hydrogen-bond acceptors (Lipinski definition) is 7. The predicted molar refractivity (Wildman–Crippen MR) is 97.4 cm³/mol. The molecule has 0 bridgehead atoms. The van der Waals surface area contributed by atoms with E-state index in [1.54, 1.807) is 13.0 Å². The largest absolute Gasteiger partial charge is 0.369 e. The highest BCUT2D eigenvalue weighted by Crippen LogP contribution is 2.42. The number of non-ortho nitro benzene ring substituents is 1. The summed E-state index contributed by atoms with van der Waals surface area (Å²) in [6.07, 6.45) is 0. The van der Waals surface area contributed by atoms with Gasteiger partial charge in [0.1, 0.15) is 10.8 Å². The molecule has 1 unspecified atom stereocenters. The van der Waals surface area contributed by atoms with Crippen LogP contribution >= 0.6 is 11.8 Å². The molecule has 0 aromatic heterocycles. The van der Waals surface area contributed by atoms with Crippen LogP contribution in [0.25, 0.3) is 0 Å². The molecule has 0 fully saturated rings. The van der Waals surface area contributed by atoms with Crippen molar-refractivity contribution in [1.82, 2.24) is 0 Å². The monoisotopic (exact) mass is 372 g/mol. The maximum atomic E-state index is 12.2. The van der Waals surface area contributed by atoms with Gasteiger partial charge in [-0.15, -0.1) is 0 Å². The van der Waals surface area contributed by atoms with Gasteiger partial charge in [0.15, 0.2) is 0 Å². The summed E-state index contributed by atoms with van der Waals surface area (Å²) < 4.78 is 0. The number of nitriles is 1. The van der Waals surface area contributed by atoms with Crippen molar-refractivity contribution in [1.29, 1.82) is 5.26 Å². The number of nitro groups is 1. The Labute approximate surface area is 153 Å². The van der Waals surface area contributed by atoms with E-state index in [0.29, 0.717) is 16.3 Å². The fraction of sp³-hybridized carbons (Fsp3) is 0.294. The zero-order chi connectivity index (χ0) is 19.4. The normalized spacial score (nSPS) is 19.5. The lowest BCUT2D eigenvalue weighted by Gasteiger charge is -2.30. The van der Waals surface area contributed by atoms with Crippen molar-refractivity contribution in [2.75, 3.05) is 5.75 Å². The SMILES string of the molecule is CC(=O)C1C(C)=NC(SCC(N)=O)=C(C#N)[C@@H]1c1cccc([N+](=O)[O-])c1. The molecule has 1 heterocycles. The van der Waals surface area contributed by atoms with Crippen molar-refractivity contribution in [3.8, 4) is 6.07 Å². The zero-order valence-corrected chi connectivity index (χ0v) is 14.9. The Morgan fingerprint density at radius 1 is 1.46 bits per heavy atom. The Bertz CT molecular complexity index is 885. The van der Waals surface area contributed by atoms with Crippen LogP contribution < -0.4 is 5.73 Å². The van der Waals surface area contributed by atoms with Crippen molar-refractivity contribution < 1.29 is 14.5 Å². The lowest BCUT2D eigenvalue weighted by atomic mass is 9.75. The highest BCUT2D eigenvalue weighted by atomic mass is 32.2. The van der Waals surface area contributed by atoms with Crippen LogP contribution in [0.2, 0.25) is 0 Å². The van der Waals surface area contributed by atoms with Crippen LogP contribution in [0.5, 0.6) is 0 Å². The van der Waals surface area contributed by atoms with Crippen molar-refractivity contribution in [3.05, 3.63) is 50.5 Å². The lowest BCUT2D eigenvalue weighted by molar-refractivity contribution is -0.384. The molecule has 0 aliphatic carbocycles. The molecule has 2 N–H and O–H groups in total. The van der Waals surface area contributed by atoms with E-state index in [0.717, 1.165) is 11.8 Å². The van der Waals surface area contributed by atoms with Crippen LogP contribution in [-0.4, -0.2) is 28.1 Å². The number of nitrogens with zero attached hydrogens (tertiary/aromatic N) is 3. The molecule has 0 radical (unpaired) electrons. The number of carbonyl (C=O) groups excluding carboxylic acids is 2. The second kappa shape index (κ2) is 7.93. The Morgan fingerprint density at radius 3 is 2.69 bits per heavy atom. The number of nitrogens with two attached hydrogens (primary N) is 1. The Kier molecular flexibility index (Phi) is 5.90. The van der Waals surface area contributed by atoms with Gasteiger partial charge in [-0.2, -0.15) is 5.26 Å². The van der Waals surface area contributed by atoms with Crippen LogP contribution in [0.3, 0.4) is 0 Å². The Morgan fingerprint density at radius 2 is 2.15 bits per heavy atom. The molecule has 1 aromatic rings. The summed E-state index contributed by atoms with van der Waals surface area (Å²) in [7, 11) is 0. The standard InChI is InChI=1S/C17H16N4O4S/c1-9-15(10(2)22)16(11-4-3-5-12(6-11)21(24)25)13(7-18)17(20-9)26-8-14(19)23/h3-6,15-16H,8H2,1-2H3,(H2,19,23)/t15?,16-/m0/s1. The van der Waals surface area contributed by atoms with Crippen LogP contribution in [-0.2, 0) is 9.59 Å². The van der Waals surface area contributed by atoms with Gasteiger partial charge in [0.2, 0.25) is 5.91 Å². The number of rotatable bonds is 6. The third-order valence-electron chi connectivity index (χ3n) is 3.95.